The molecule has 0 bridgehead atoms. The van der Waals surface area contributed by atoms with Gasteiger partial charge in [0.25, 0.3) is 0 Å². The van der Waals surface area contributed by atoms with Crippen molar-refractivity contribution >= 4 is 5.97 Å². The highest BCUT2D eigenvalue weighted by Gasteiger charge is 2.48. The van der Waals surface area contributed by atoms with Gasteiger partial charge in [0, 0.05) is 0 Å². The Kier molecular flexibility index (Phi) is 3.51. The van der Waals surface area contributed by atoms with E-state index in [2.05, 4.69) is 4.74 Å². The number of aliphatic hydroxyl groups excluding tert-OH is 1. The van der Waals surface area contributed by atoms with E-state index in [-0.39, 0.29) is 0 Å². The van der Waals surface area contributed by atoms with Crippen molar-refractivity contribution in [1.29, 1.82) is 0 Å². The minimum atomic E-state index is -4.76. The molecule has 0 radical (unpaired) electrons. The minimum Gasteiger partial charge on any atom is -0.468 e. The van der Waals surface area contributed by atoms with Crippen LogP contribution in [0, 0.1) is 5.92 Å². The Bertz CT molecular complexity index is 164. The van der Waals surface area contributed by atoms with Crippen molar-refractivity contribution in [3.63, 3.8) is 0 Å². The fraction of sp³-hybridized carbons (Fsp3) is 0.833. The number of methoxy groups -OCH3 is 1. The van der Waals surface area contributed by atoms with Gasteiger partial charge in [0.15, 0.2) is 5.92 Å². The first kappa shape index (κ1) is 11.2. The summed E-state index contributed by atoms with van der Waals surface area (Å²) in [5.41, 5.74) is 0. The third kappa shape index (κ3) is 2.69. The second-order valence-corrected chi connectivity index (χ2v) is 2.28. The monoisotopic (exact) mass is 186 g/mol. The van der Waals surface area contributed by atoms with Gasteiger partial charge >= 0.3 is 12.1 Å². The Labute approximate surface area is 67.1 Å². The molecular formula is C6H9F3O3. The third-order valence-electron chi connectivity index (χ3n) is 1.29. The van der Waals surface area contributed by atoms with Crippen LogP contribution < -0.4 is 0 Å². The van der Waals surface area contributed by atoms with Gasteiger partial charge < -0.3 is 9.84 Å². The van der Waals surface area contributed by atoms with Crippen molar-refractivity contribution in [2.45, 2.75) is 19.2 Å². The molecule has 2 atom stereocenters. The highest BCUT2D eigenvalue weighted by atomic mass is 19.4. The zero-order chi connectivity index (χ0) is 9.94. The van der Waals surface area contributed by atoms with Crippen molar-refractivity contribution in [3.05, 3.63) is 0 Å². The average Bonchev–Trinajstić information content (AvgIpc) is 1.83. The van der Waals surface area contributed by atoms with Crippen LogP contribution in [-0.2, 0) is 9.53 Å². The number of aliphatic hydroxyl groups is 1. The summed E-state index contributed by atoms with van der Waals surface area (Å²) in [6.45, 7) is 0.884. The Balaban J connectivity index is 4.56. The van der Waals surface area contributed by atoms with Gasteiger partial charge in [0.2, 0.25) is 0 Å². The molecule has 6 heteroatoms. The van der Waals surface area contributed by atoms with Crippen LogP contribution in [-0.4, -0.2) is 30.5 Å². The molecule has 72 valence electrons. The Morgan fingerprint density at radius 1 is 1.50 bits per heavy atom. The second-order valence-electron chi connectivity index (χ2n) is 2.28. The molecule has 0 aromatic rings. The Morgan fingerprint density at radius 2 is 1.92 bits per heavy atom. The van der Waals surface area contributed by atoms with Crippen LogP contribution in [0.3, 0.4) is 0 Å². The summed E-state index contributed by atoms with van der Waals surface area (Å²) in [6.07, 6.45) is -6.56. The summed E-state index contributed by atoms with van der Waals surface area (Å²) >= 11 is 0. The summed E-state index contributed by atoms with van der Waals surface area (Å²) in [4.78, 5) is 10.5. The summed E-state index contributed by atoms with van der Waals surface area (Å²) in [5.74, 6) is -3.93. The first-order valence-electron chi connectivity index (χ1n) is 3.13. The topological polar surface area (TPSA) is 46.5 Å². The fourth-order valence-corrected chi connectivity index (χ4v) is 0.731. The summed E-state index contributed by atoms with van der Waals surface area (Å²) < 4.78 is 39.7. The number of esters is 1. The quantitative estimate of drug-likeness (QED) is 0.646. The van der Waals surface area contributed by atoms with Gasteiger partial charge in [-0.25, -0.2) is 0 Å². The van der Waals surface area contributed by atoms with E-state index in [1.165, 1.54) is 0 Å². The number of hydrogen-bond acceptors (Lipinski definition) is 3. The average molecular weight is 186 g/mol. The molecule has 0 aliphatic carbocycles. The molecule has 3 nitrogen and oxygen atoms in total. The lowest BCUT2D eigenvalue weighted by Gasteiger charge is -2.19. The zero-order valence-electron chi connectivity index (χ0n) is 6.55. The van der Waals surface area contributed by atoms with E-state index in [1.54, 1.807) is 0 Å². The van der Waals surface area contributed by atoms with Crippen LogP contribution in [0.4, 0.5) is 13.2 Å². The summed E-state index contributed by atoms with van der Waals surface area (Å²) in [5, 5.41) is 8.63. The van der Waals surface area contributed by atoms with Gasteiger partial charge in [-0.15, -0.1) is 0 Å². The number of ether oxygens (including phenoxy) is 1. The first-order chi connectivity index (χ1) is 5.30. The number of carbonyl (C=O) groups is 1. The van der Waals surface area contributed by atoms with Crippen molar-refractivity contribution in [3.8, 4) is 0 Å². The lowest BCUT2D eigenvalue weighted by molar-refractivity contribution is -0.211. The maximum absolute atomic E-state index is 11.9. The molecule has 0 aromatic carbocycles. The van der Waals surface area contributed by atoms with E-state index >= 15 is 0 Å². The molecule has 0 aromatic heterocycles. The van der Waals surface area contributed by atoms with Crippen LogP contribution in [0.1, 0.15) is 6.92 Å². The van der Waals surface area contributed by atoms with E-state index in [9.17, 15) is 18.0 Å². The van der Waals surface area contributed by atoms with Crippen molar-refractivity contribution in [2.75, 3.05) is 7.11 Å². The van der Waals surface area contributed by atoms with Gasteiger partial charge in [-0.05, 0) is 6.92 Å². The highest BCUT2D eigenvalue weighted by molar-refractivity contribution is 5.73. The Hall–Kier alpha value is -0.780. The second kappa shape index (κ2) is 3.75. The summed E-state index contributed by atoms with van der Waals surface area (Å²) in [6, 6.07) is 0. The van der Waals surface area contributed by atoms with Crippen molar-refractivity contribution < 1.29 is 27.8 Å². The largest absolute Gasteiger partial charge is 0.468 e. The zero-order valence-corrected chi connectivity index (χ0v) is 6.55. The lowest BCUT2D eigenvalue weighted by Crippen LogP contribution is -2.39. The van der Waals surface area contributed by atoms with Crippen LogP contribution in [0.25, 0.3) is 0 Å². The molecule has 0 rings (SSSR count). The van der Waals surface area contributed by atoms with Crippen LogP contribution >= 0.6 is 0 Å². The van der Waals surface area contributed by atoms with Crippen molar-refractivity contribution in [2.24, 2.45) is 5.92 Å². The molecule has 2 unspecified atom stereocenters. The SMILES string of the molecule is COC(=O)C(C(C)O)C(F)(F)F. The van der Waals surface area contributed by atoms with E-state index < -0.39 is 24.2 Å². The number of alkyl halides is 3. The number of halogens is 3. The molecule has 12 heavy (non-hydrogen) atoms. The van der Waals surface area contributed by atoms with E-state index in [0.29, 0.717) is 0 Å². The Morgan fingerprint density at radius 3 is 2.00 bits per heavy atom. The van der Waals surface area contributed by atoms with Gasteiger partial charge in [-0.1, -0.05) is 0 Å². The number of rotatable bonds is 2. The molecule has 0 fully saturated rings. The molecule has 0 aliphatic rings. The van der Waals surface area contributed by atoms with Crippen molar-refractivity contribution in [1.82, 2.24) is 0 Å². The number of carbonyl (C=O) groups excluding carboxylic acids is 1. The maximum Gasteiger partial charge on any atom is 0.404 e. The minimum absolute atomic E-state index is 0.837. The van der Waals surface area contributed by atoms with Gasteiger partial charge in [-0.3, -0.25) is 4.79 Å². The standard InChI is InChI=1S/C6H9F3O3/c1-3(10)4(5(11)12-2)6(7,8)9/h3-4,10H,1-2H3. The van der Waals surface area contributed by atoms with Gasteiger partial charge in [-0.2, -0.15) is 13.2 Å². The molecule has 0 saturated carbocycles. The number of hydrogen-bond donors (Lipinski definition) is 1. The van der Waals surface area contributed by atoms with E-state index in [0.717, 1.165) is 14.0 Å². The fourth-order valence-electron chi connectivity index (χ4n) is 0.731. The lowest BCUT2D eigenvalue weighted by atomic mass is 10.0. The smallest absolute Gasteiger partial charge is 0.404 e. The van der Waals surface area contributed by atoms with E-state index in [4.69, 9.17) is 5.11 Å². The molecule has 0 spiro atoms. The highest BCUT2D eigenvalue weighted by Crippen LogP contribution is 2.29. The van der Waals surface area contributed by atoms with Crippen LogP contribution in [0.15, 0.2) is 0 Å². The molecule has 0 aliphatic heterocycles. The third-order valence-corrected chi connectivity index (χ3v) is 1.29. The first-order valence-corrected chi connectivity index (χ1v) is 3.13. The van der Waals surface area contributed by atoms with Gasteiger partial charge in [0.05, 0.1) is 13.2 Å². The maximum atomic E-state index is 11.9. The van der Waals surface area contributed by atoms with Crippen LogP contribution in [0.2, 0.25) is 0 Å². The molecule has 1 N–H and O–H groups in total. The predicted octanol–water partition coefficient (Wildman–Crippen LogP) is 0.719. The molecule has 0 saturated heterocycles. The normalized spacial score (nSPS) is 16.8. The predicted molar refractivity (Wildman–Crippen MR) is 33.2 cm³/mol. The molecular weight excluding hydrogens is 177 g/mol. The molecule has 0 heterocycles. The molecule has 0 amide bonds. The van der Waals surface area contributed by atoms with E-state index in [1.807, 2.05) is 0 Å². The van der Waals surface area contributed by atoms with Gasteiger partial charge in [0.1, 0.15) is 0 Å². The van der Waals surface area contributed by atoms with Crippen LogP contribution in [0.5, 0.6) is 0 Å². The summed E-state index contributed by atoms with van der Waals surface area (Å²) in [7, 11) is 0.837.